The van der Waals surface area contributed by atoms with Crippen LogP contribution in [0.4, 0.5) is 10.1 Å². The monoisotopic (exact) mass is 375 g/mol. The Hall–Kier alpha value is -3.67. The summed E-state index contributed by atoms with van der Waals surface area (Å²) in [5.74, 6) is 0.201. The summed E-state index contributed by atoms with van der Waals surface area (Å²) >= 11 is 0. The maximum absolute atomic E-state index is 13.8. The fourth-order valence-electron chi connectivity index (χ4n) is 3.03. The maximum Gasteiger partial charge on any atom is 0.221 e. The van der Waals surface area contributed by atoms with Crippen LogP contribution < -0.4 is 10.1 Å². The number of H-pyrrole nitrogens is 1. The lowest BCUT2D eigenvalue weighted by molar-refractivity contribution is -0.114. The van der Waals surface area contributed by atoms with Gasteiger partial charge < -0.3 is 10.1 Å². The summed E-state index contributed by atoms with van der Waals surface area (Å²) in [5, 5.41) is 11.1. The molecule has 0 aliphatic carbocycles. The van der Waals surface area contributed by atoms with Crippen LogP contribution in [0.5, 0.6) is 5.75 Å². The van der Waals surface area contributed by atoms with Crippen molar-refractivity contribution in [2.45, 2.75) is 13.5 Å². The van der Waals surface area contributed by atoms with Gasteiger partial charge in [0.15, 0.2) is 0 Å². The second-order valence-corrected chi connectivity index (χ2v) is 6.42. The first-order valence-electron chi connectivity index (χ1n) is 8.82. The van der Waals surface area contributed by atoms with E-state index in [1.165, 1.54) is 13.0 Å². The number of aromatic nitrogens is 2. The smallest absolute Gasteiger partial charge is 0.221 e. The van der Waals surface area contributed by atoms with Gasteiger partial charge in [-0.25, -0.2) is 4.39 Å². The van der Waals surface area contributed by atoms with Gasteiger partial charge in [0, 0.05) is 29.1 Å². The average molecular weight is 375 g/mol. The second-order valence-electron chi connectivity index (χ2n) is 6.42. The molecule has 0 fully saturated rings. The highest BCUT2D eigenvalue weighted by atomic mass is 19.1. The van der Waals surface area contributed by atoms with Crippen LogP contribution in [0.15, 0.2) is 66.7 Å². The molecular weight excluding hydrogens is 357 g/mol. The summed E-state index contributed by atoms with van der Waals surface area (Å²) in [6.45, 7) is 1.61. The Balaban J connectivity index is 1.63. The van der Waals surface area contributed by atoms with Gasteiger partial charge in [-0.3, -0.25) is 9.89 Å². The number of hydrogen-bond donors (Lipinski definition) is 2. The molecule has 0 unspecified atom stereocenters. The summed E-state index contributed by atoms with van der Waals surface area (Å²) < 4.78 is 19.6. The Morgan fingerprint density at radius 2 is 1.96 bits per heavy atom. The largest absolute Gasteiger partial charge is 0.489 e. The van der Waals surface area contributed by atoms with Gasteiger partial charge in [-0.15, -0.1) is 0 Å². The van der Waals surface area contributed by atoms with E-state index in [1.807, 2.05) is 42.5 Å². The molecule has 1 amide bonds. The van der Waals surface area contributed by atoms with Crippen LogP contribution in [0.3, 0.4) is 0 Å². The number of amides is 1. The Morgan fingerprint density at radius 3 is 2.79 bits per heavy atom. The minimum Gasteiger partial charge on any atom is -0.489 e. The van der Waals surface area contributed by atoms with Gasteiger partial charge in [0.05, 0.1) is 5.52 Å². The summed E-state index contributed by atoms with van der Waals surface area (Å²) in [5.41, 5.74) is 3.67. The molecule has 0 spiro atoms. The molecule has 28 heavy (non-hydrogen) atoms. The first-order chi connectivity index (χ1) is 13.6. The SMILES string of the molecule is CC(=O)Nc1cccc(-c2n[nH]c3ccc(OCc4ccccc4F)cc23)c1. The topological polar surface area (TPSA) is 67.0 Å². The van der Waals surface area contributed by atoms with E-state index in [0.29, 0.717) is 17.0 Å². The highest BCUT2D eigenvalue weighted by Crippen LogP contribution is 2.31. The first-order valence-corrected chi connectivity index (χ1v) is 8.82. The average Bonchev–Trinajstić information content (AvgIpc) is 3.10. The number of hydrogen-bond acceptors (Lipinski definition) is 3. The number of nitrogens with one attached hydrogen (secondary N) is 2. The first kappa shape index (κ1) is 17.7. The van der Waals surface area contributed by atoms with E-state index in [4.69, 9.17) is 4.74 Å². The van der Waals surface area contributed by atoms with Crippen molar-refractivity contribution in [1.82, 2.24) is 10.2 Å². The van der Waals surface area contributed by atoms with Gasteiger partial charge in [-0.05, 0) is 36.4 Å². The molecule has 140 valence electrons. The molecule has 0 bridgehead atoms. The zero-order valence-electron chi connectivity index (χ0n) is 15.2. The Bertz CT molecular complexity index is 1150. The number of carbonyl (C=O) groups is 1. The van der Waals surface area contributed by atoms with Crippen molar-refractivity contribution in [3.05, 3.63) is 78.1 Å². The third kappa shape index (κ3) is 3.71. The number of anilines is 1. The molecule has 5 nitrogen and oxygen atoms in total. The van der Waals surface area contributed by atoms with Crippen molar-refractivity contribution in [1.29, 1.82) is 0 Å². The third-order valence-corrected chi connectivity index (χ3v) is 4.34. The quantitative estimate of drug-likeness (QED) is 0.521. The van der Waals surface area contributed by atoms with Crippen LogP contribution >= 0.6 is 0 Å². The van der Waals surface area contributed by atoms with E-state index < -0.39 is 0 Å². The number of benzene rings is 3. The molecule has 0 radical (unpaired) electrons. The van der Waals surface area contributed by atoms with Crippen molar-refractivity contribution >= 4 is 22.5 Å². The van der Waals surface area contributed by atoms with Crippen LogP contribution in [0.25, 0.3) is 22.2 Å². The number of ether oxygens (including phenoxy) is 1. The van der Waals surface area contributed by atoms with Crippen LogP contribution in [0.1, 0.15) is 12.5 Å². The molecule has 0 aliphatic rings. The normalized spacial score (nSPS) is 10.8. The zero-order valence-corrected chi connectivity index (χ0v) is 15.2. The van der Waals surface area contributed by atoms with Gasteiger partial charge in [-0.1, -0.05) is 30.3 Å². The molecule has 0 aliphatic heterocycles. The molecule has 2 N–H and O–H groups in total. The van der Waals surface area contributed by atoms with E-state index in [0.717, 1.165) is 22.2 Å². The lowest BCUT2D eigenvalue weighted by Crippen LogP contribution is -2.05. The van der Waals surface area contributed by atoms with E-state index in [1.54, 1.807) is 18.2 Å². The second kappa shape index (κ2) is 7.52. The molecule has 4 rings (SSSR count). The number of rotatable bonds is 5. The molecule has 1 aromatic heterocycles. The van der Waals surface area contributed by atoms with Gasteiger partial charge in [0.2, 0.25) is 5.91 Å². The Morgan fingerprint density at radius 1 is 1.11 bits per heavy atom. The highest BCUT2D eigenvalue weighted by Gasteiger charge is 2.11. The van der Waals surface area contributed by atoms with Crippen LogP contribution in [0.2, 0.25) is 0 Å². The fraction of sp³-hybridized carbons (Fsp3) is 0.0909. The molecule has 3 aromatic carbocycles. The number of nitrogens with zero attached hydrogens (tertiary/aromatic N) is 1. The van der Waals surface area contributed by atoms with Crippen molar-refractivity contribution in [3.8, 4) is 17.0 Å². The molecule has 1 heterocycles. The van der Waals surface area contributed by atoms with Crippen molar-refractivity contribution in [2.24, 2.45) is 0 Å². The Labute approximate surface area is 161 Å². The van der Waals surface area contributed by atoms with Gasteiger partial charge in [0.25, 0.3) is 0 Å². The zero-order chi connectivity index (χ0) is 19.5. The summed E-state index contributed by atoms with van der Waals surface area (Å²) in [6.07, 6.45) is 0. The van der Waals surface area contributed by atoms with Gasteiger partial charge in [0.1, 0.15) is 23.9 Å². The third-order valence-electron chi connectivity index (χ3n) is 4.34. The molecule has 0 saturated carbocycles. The lowest BCUT2D eigenvalue weighted by atomic mass is 10.1. The van der Waals surface area contributed by atoms with Crippen molar-refractivity contribution in [2.75, 3.05) is 5.32 Å². The molecule has 6 heteroatoms. The highest BCUT2D eigenvalue weighted by molar-refractivity contribution is 5.95. The summed E-state index contributed by atoms with van der Waals surface area (Å²) in [6, 6.07) is 19.6. The molecule has 0 atom stereocenters. The Kier molecular flexibility index (Phi) is 4.76. The van der Waals surface area contributed by atoms with Crippen molar-refractivity contribution < 1.29 is 13.9 Å². The lowest BCUT2D eigenvalue weighted by Gasteiger charge is -2.08. The number of aromatic amines is 1. The van der Waals surface area contributed by atoms with Crippen LogP contribution in [0, 0.1) is 5.82 Å². The maximum atomic E-state index is 13.8. The standard InChI is InChI=1S/C22H18FN3O2/c1-14(27)24-17-7-4-6-15(11-17)22-19-12-18(9-10-21(19)25-26-22)28-13-16-5-2-3-8-20(16)23/h2-12H,13H2,1H3,(H,24,27)(H,25,26). The summed E-state index contributed by atoms with van der Waals surface area (Å²) in [7, 11) is 0. The fourth-order valence-corrected chi connectivity index (χ4v) is 3.03. The van der Waals surface area contributed by atoms with E-state index >= 15 is 0 Å². The minimum absolute atomic E-state index is 0.132. The number of carbonyl (C=O) groups excluding carboxylic acids is 1. The number of halogens is 1. The van der Waals surface area contributed by atoms with Gasteiger partial charge in [-0.2, -0.15) is 5.10 Å². The predicted molar refractivity (Wildman–Crippen MR) is 107 cm³/mol. The van der Waals surface area contributed by atoms with Crippen molar-refractivity contribution in [3.63, 3.8) is 0 Å². The van der Waals surface area contributed by atoms with E-state index in [-0.39, 0.29) is 18.3 Å². The minimum atomic E-state index is -0.289. The molecule has 0 saturated heterocycles. The predicted octanol–water partition coefficient (Wildman–Crippen LogP) is 4.91. The van der Waals surface area contributed by atoms with Gasteiger partial charge >= 0.3 is 0 Å². The van der Waals surface area contributed by atoms with Crippen LogP contribution in [-0.4, -0.2) is 16.1 Å². The van der Waals surface area contributed by atoms with E-state index in [9.17, 15) is 9.18 Å². The number of fused-ring (bicyclic) bond motifs is 1. The molecular formula is C22H18FN3O2. The van der Waals surface area contributed by atoms with Crippen LogP contribution in [-0.2, 0) is 11.4 Å². The van der Waals surface area contributed by atoms with E-state index in [2.05, 4.69) is 15.5 Å². The summed E-state index contributed by atoms with van der Waals surface area (Å²) in [4.78, 5) is 11.3. The molecule has 4 aromatic rings.